The fourth-order valence-corrected chi connectivity index (χ4v) is 5.52. The first-order valence-electron chi connectivity index (χ1n) is 10.8. The van der Waals surface area contributed by atoms with Crippen molar-refractivity contribution in [2.75, 3.05) is 19.7 Å². The zero-order chi connectivity index (χ0) is 20.8. The van der Waals surface area contributed by atoms with Crippen LogP contribution >= 0.6 is 0 Å². The second kappa shape index (κ2) is 7.63. The summed E-state index contributed by atoms with van der Waals surface area (Å²) in [6.45, 7) is 0.935. The maximum atomic E-state index is 13.2. The van der Waals surface area contributed by atoms with E-state index < -0.39 is 0 Å². The third kappa shape index (κ3) is 3.26. The lowest BCUT2D eigenvalue weighted by atomic mass is 9.78. The molecule has 2 aromatic heterocycles. The third-order valence-corrected chi connectivity index (χ3v) is 7.12. The normalized spacial score (nSPS) is 30.7. The summed E-state index contributed by atoms with van der Waals surface area (Å²) in [5.74, 6) is -0.00803. The minimum absolute atomic E-state index is 0.0418. The van der Waals surface area contributed by atoms with Crippen LogP contribution in [0.1, 0.15) is 66.3 Å². The molecule has 1 amide bonds. The number of amides is 1. The smallest absolute Gasteiger partial charge is 0.276 e. The molecule has 0 aromatic carbocycles. The summed E-state index contributed by atoms with van der Waals surface area (Å²) in [7, 11) is 0. The lowest BCUT2D eigenvalue weighted by Gasteiger charge is -2.46. The molecule has 1 aliphatic carbocycles. The van der Waals surface area contributed by atoms with Crippen LogP contribution in [0.2, 0.25) is 0 Å². The predicted octanol–water partition coefficient (Wildman–Crippen LogP) is 0.675. The Morgan fingerprint density at radius 2 is 2.00 bits per heavy atom. The van der Waals surface area contributed by atoms with E-state index in [-0.39, 0.29) is 48.0 Å². The van der Waals surface area contributed by atoms with Gasteiger partial charge in [-0.15, -0.1) is 5.10 Å². The first-order chi connectivity index (χ1) is 14.5. The Morgan fingerprint density at radius 1 is 1.20 bits per heavy atom. The number of aliphatic hydroxyl groups excluding tert-OH is 1. The van der Waals surface area contributed by atoms with Crippen LogP contribution in [-0.2, 0) is 0 Å². The van der Waals surface area contributed by atoms with E-state index in [1.54, 1.807) is 16.8 Å². The van der Waals surface area contributed by atoms with Gasteiger partial charge < -0.3 is 20.3 Å². The molecule has 0 radical (unpaired) electrons. The molecule has 1 saturated heterocycles. The number of piperidine rings is 1. The lowest BCUT2D eigenvalue weighted by molar-refractivity contribution is 0.0433. The maximum Gasteiger partial charge on any atom is 0.276 e. The molecule has 4 heterocycles. The first-order valence-corrected chi connectivity index (χ1v) is 10.8. The van der Waals surface area contributed by atoms with Gasteiger partial charge in [0.1, 0.15) is 0 Å². The number of nitrogens with zero attached hydrogens (tertiary/aromatic N) is 5. The van der Waals surface area contributed by atoms with Gasteiger partial charge in [0.25, 0.3) is 11.5 Å². The Bertz CT molecular complexity index is 993. The van der Waals surface area contributed by atoms with Gasteiger partial charge >= 0.3 is 0 Å². The average molecular weight is 412 g/mol. The van der Waals surface area contributed by atoms with Crippen molar-refractivity contribution in [3.05, 3.63) is 46.1 Å². The van der Waals surface area contributed by atoms with Gasteiger partial charge in [-0.3, -0.25) is 9.59 Å². The molecule has 1 saturated carbocycles. The molecular formula is C21H28N6O3. The van der Waals surface area contributed by atoms with Crippen LogP contribution in [0.5, 0.6) is 0 Å². The minimum Gasteiger partial charge on any atom is -0.394 e. The highest BCUT2D eigenvalue weighted by Gasteiger charge is 2.42. The topological polar surface area (TPSA) is 119 Å². The number of carbonyl (C=O) groups is 1. The summed E-state index contributed by atoms with van der Waals surface area (Å²) >= 11 is 0. The van der Waals surface area contributed by atoms with Crippen molar-refractivity contribution in [2.24, 2.45) is 11.7 Å². The summed E-state index contributed by atoms with van der Waals surface area (Å²) in [5, 5.41) is 18.4. The second-order valence-electron chi connectivity index (χ2n) is 8.96. The van der Waals surface area contributed by atoms with Gasteiger partial charge in [0.15, 0.2) is 5.69 Å². The highest BCUT2D eigenvalue weighted by Crippen LogP contribution is 2.41. The van der Waals surface area contributed by atoms with Gasteiger partial charge in [-0.05, 0) is 38.2 Å². The minimum atomic E-state index is -0.303. The highest BCUT2D eigenvalue weighted by molar-refractivity contribution is 5.92. The van der Waals surface area contributed by atoms with E-state index in [1.807, 2.05) is 15.6 Å². The number of fused-ring (bicyclic) bond motifs is 4. The number of hydrogen-bond acceptors (Lipinski definition) is 6. The van der Waals surface area contributed by atoms with E-state index in [0.717, 1.165) is 37.8 Å². The van der Waals surface area contributed by atoms with Crippen molar-refractivity contribution < 1.29 is 9.90 Å². The zero-order valence-electron chi connectivity index (χ0n) is 16.9. The molecule has 3 atom stereocenters. The molecule has 2 fully saturated rings. The van der Waals surface area contributed by atoms with Crippen LogP contribution in [0.3, 0.4) is 0 Å². The van der Waals surface area contributed by atoms with E-state index in [2.05, 4.69) is 10.3 Å². The largest absolute Gasteiger partial charge is 0.394 e. The summed E-state index contributed by atoms with van der Waals surface area (Å²) in [6.07, 6.45) is 6.46. The molecule has 3 aliphatic rings. The van der Waals surface area contributed by atoms with Crippen molar-refractivity contribution in [3.8, 4) is 0 Å². The van der Waals surface area contributed by atoms with Gasteiger partial charge in [-0.25, -0.2) is 4.68 Å². The number of likely N-dealkylation sites (tertiary alicyclic amines) is 1. The van der Waals surface area contributed by atoms with Gasteiger partial charge in [0.2, 0.25) is 0 Å². The van der Waals surface area contributed by atoms with Gasteiger partial charge in [0, 0.05) is 42.7 Å². The number of nitrogens with two attached hydrogens (primary N) is 1. The third-order valence-electron chi connectivity index (χ3n) is 7.12. The Kier molecular flexibility index (Phi) is 4.94. The molecule has 3 N–H and O–H groups in total. The second-order valence-corrected chi connectivity index (χ2v) is 8.96. The van der Waals surface area contributed by atoms with Crippen LogP contribution in [-0.4, -0.2) is 61.2 Å². The number of aromatic nitrogens is 4. The zero-order valence-corrected chi connectivity index (χ0v) is 16.9. The monoisotopic (exact) mass is 412 g/mol. The van der Waals surface area contributed by atoms with Crippen molar-refractivity contribution in [2.45, 2.75) is 56.1 Å². The molecule has 2 aromatic rings. The summed E-state index contributed by atoms with van der Waals surface area (Å²) < 4.78 is 3.54. The summed E-state index contributed by atoms with van der Waals surface area (Å²) in [4.78, 5) is 27.4. The molecule has 5 rings (SSSR count). The Morgan fingerprint density at radius 3 is 2.77 bits per heavy atom. The molecule has 0 unspecified atom stereocenters. The number of carbonyl (C=O) groups excluding carboxylic acids is 1. The first kappa shape index (κ1) is 19.4. The van der Waals surface area contributed by atoms with Crippen LogP contribution in [0.4, 0.5) is 0 Å². The highest BCUT2D eigenvalue weighted by atomic mass is 16.3. The summed E-state index contributed by atoms with van der Waals surface area (Å²) in [5.41, 5.74) is 7.16. The number of aliphatic hydroxyl groups is 1. The summed E-state index contributed by atoms with van der Waals surface area (Å²) in [6, 6.07) is 5.43. The molecule has 0 spiro atoms. The van der Waals surface area contributed by atoms with Crippen molar-refractivity contribution in [1.82, 2.24) is 24.5 Å². The van der Waals surface area contributed by atoms with E-state index in [1.165, 1.54) is 6.07 Å². The molecule has 9 nitrogen and oxygen atoms in total. The molecule has 2 aliphatic heterocycles. The number of hydrogen-bond donors (Lipinski definition) is 2. The maximum absolute atomic E-state index is 13.2. The Hall–Kier alpha value is -2.52. The Balaban J connectivity index is 1.37. The molecule has 2 bridgehead atoms. The van der Waals surface area contributed by atoms with E-state index in [0.29, 0.717) is 18.8 Å². The Labute approximate surface area is 174 Å². The van der Waals surface area contributed by atoms with Crippen LogP contribution in [0, 0.1) is 5.92 Å². The predicted molar refractivity (Wildman–Crippen MR) is 109 cm³/mol. The fourth-order valence-electron chi connectivity index (χ4n) is 5.52. The van der Waals surface area contributed by atoms with Crippen LogP contribution < -0.4 is 11.3 Å². The SMILES string of the molecule is NC1CCC(n2cc(C(=O)N3C[C@H]4C[C@@H](C3)[C@H](CO)n3c4cccc3=O)nn2)CC1. The van der Waals surface area contributed by atoms with Crippen LogP contribution in [0.15, 0.2) is 29.2 Å². The fraction of sp³-hybridized carbons (Fsp3) is 0.619. The molecular weight excluding hydrogens is 384 g/mol. The van der Waals surface area contributed by atoms with E-state index in [4.69, 9.17) is 5.73 Å². The quantitative estimate of drug-likeness (QED) is 0.765. The lowest BCUT2D eigenvalue weighted by Crippen LogP contribution is -2.51. The molecule has 160 valence electrons. The van der Waals surface area contributed by atoms with E-state index >= 15 is 0 Å². The van der Waals surface area contributed by atoms with Crippen LogP contribution in [0.25, 0.3) is 0 Å². The molecule has 9 heteroatoms. The van der Waals surface area contributed by atoms with Gasteiger partial charge in [0.05, 0.1) is 24.9 Å². The van der Waals surface area contributed by atoms with Crippen molar-refractivity contribution in [1.29, 1.82) is 0 Å². The average Bonchev–Trinajstić information content (AvgIpc) is 3.25. The van der Waals surface area contributed by atoms with Crippen molar-refractivity contribution >= 4 is 5.91 Å². The van der Waals surface area contributed by atoms with E-state index in [9.17, 15) is 14.7 Å². The number of rotatable bonds is 3. The molecule has 30 heavy (non-hydrogen) atoms. The van der Waals surface area contributed by atoms with Crippen molar-refractivity contribution in [3.63, 3.8) is 0 Å². The van der Waals surface area contributed by atoms with Gasteiger partial charge in [-0.1, -0.05) is 11.3 Å². The van der Waals surface area contributed by atoms with Gasteiger partial charge in [-0.2, -0.15) is 0 Å². The number of pyridine rings is 1. The standard InChI is InChI=1S/C21H28N6O3/c22-15-4-6-16(7-5-15)26-11-17(23-24-26)21(30)25-9-13-8-14(10-25)19(12-28)27-18(13)2-1-3-20(27)29/h1-3,11,13-16,19,28H,4-10,12,22H2/t13-,14+,15?,16?,19+/m1/s1.